The third kappa shape index (κ3) is 2.38. The molecule has 1 aliphatic heterocycles. The van der Waals surface area contributed by atoms with Crippen LogP contribution in [0.4, 0.5) is 4.79 Å². The molecule has 0 aliphatic carbocycles. The molecule has 0 aromatic rings. The van der Waals surface area contributed by atoms with Crippen LogP contribution in [0.25, 0.3) is 0 Å². The lowest BCUT2D eigenvalue weighted by molar-refractivity contribution is 0.0428. The average Bonchev–Trinajstić information content (AvgIpc) is 2.13. The number of carbonyl (C=O) groups excluding carboxylic acids is 1. The Labute approximate surface area is 85.8 Å². The number of nitrogens with zero attached hydrogens (tertiary/aromatic N) is 2. The van der Waals surface area contributed by atoms with Gasteiger partial charge < -0.3 is 9.64 Å². The standard InChI is InChI=1S/C10H20N2O2/c1-5-14-10(13)12-6-8(2)11(4)9(3)7-12/h8-9H,5-7H2,1-4H3/t8-,9+. The summed E-state index contributed by atoms with van der Waals surface area (Å²) in [7, 11) is 2.10. The van der Waals surface area contributed by atoms with Gasteiger partial charge in [-0.1, -0.05) is 0 Å². The van der Waals surface area contributed by atoms with Crippen LogP contribution in [0.2, 0.25) is 0 Å². The van der Waals surface area contributed by atoms with Crippen LogP contribution in [0.1, 0.15) is 20.8 Å². The Morgan fingerprint density at radius 1 is 1.36 bits per heavy atom. The summed E-state index contributed by atoms with van der Waals surface area (Å²) in [5, 5.41) is 0. The van der Waals surface area contributed by atoms with E-state index in [0.717, 1.165) is 13.1 Å². The van der Waals surface area contributed by atoms with Crippen LogP contribution in [0.5, 0.6) is 0 Å². The van der Waals surface area contributed by atoms with Gasteiger partial charge in [0.15, 0.2) is 0 Å². The minimum Gasteiger partial charge on any atom is -0.450 e. The van der Waals surface area contributed by atoms with Crippen LogP contribution in [0.3, 0.4) is 0 Å². The molecule has 0 unspecified atom stereocenters. The van der Waals surface area contributed by atoms with Gasteiger partial charge in [0, 0.05) is 25.2 Å². The second-order valence-corrected chi connectivity index (χ2v) is 3.97. The van der Waals surface area contributed by atoms with Crippen molar-refractivity contribution in [1.82, 2.24) is 9.80 Å². The van der Waals surface area contributed by atoms with Crippen LogP contribution in [-0.2, 0) is 4.74 Å². The highest BCUT2D eigenvalue weighted by molar-refractivity contribution is 5.67. The van der Waals surface area contributed by atoms with Gasteiger partial charge in [0.25, 0.3) is 0 Å². The first-order valence-electron chi connectivity index (χ1n) is 5.19. The first-order chi connectivity index (χ1) is 6.56. The first-order valence-corrected chi connectivity index (χ1v) is 5.19. The molecule has 4 nitrogen and oxygen atoms in total. The van der Waals surface area contributed by atoms with Crippen LogP contribution >= 0.6 is 0 Å². The molecule has 14 heavy (non-hydrogen) atoms. The summed E-state index contributed by atoms with van der Waals surface area (Å²) < 4.78 is 4.98. The summed E-state index contributed by atoms with van der Waals surface area (Å²) in [4.78, 5) is 15.6. The zero-order chi connectivity index (χ0) is 10.7. The molecule has 0 N–H and O–H groups in total. The van der Waals surface area contributed by atoms with Crippen molar-refractivity contribution < 1.29 is 9.53 Å². The summed E-state index contributed by atoms with van der Waals surface area (Å²) in [6.45, 7) is 8.07. The molecule has 0 aromatic carbocycles. The number of hydrogen-bond donors (Lipinski definition) is 0. The molecule has 0 aromatic heterocycles. The van der Waals surface area contributed by atoms with Gasteiger partial charge in [-0.25, -0.2) is 4.79 Å². The van der Waals surface area contributed by atoms with E-state index in [1.165, 1.54) is 0 Å². The van der Waals surface area contributed by atoms with E-state index in [2.05, 4.69) is 25.8 Å². The maximum Gasteiger partial charge on any atom is 0.409 e. The molecule has 4 heteroatoms. The van der Waals surface area contributed by atoms with Crippen molar-refractivity contribution in [3.05, 3.63) is 0 Å². The average molecular weight is 200 g/mol. The fourth-order valence-electron chi connectivity index (χ4n) is 1.77. The fraction of sp³-hybridized carbons (Fsp3) is 0.900. The van der Waals surface area contributed by atoms with Crippen molar-refractivity contribution in [1.29, 1.82) is 0 Å². The maximum absolute atomic E-state index is 11.5. The van der Waals surface area contributed by atoms with Crippen LogP contribution in [0.15, 0.2) is 0 Å². The number of hydrogen-bond acceptors (Lipinski definition) is 3. The molecule has 2 atom stereocenters. The normalized spacial score (nSPS) is 29.0. The number of rotatable bonds is 1. The third-order valence-corrected chi connectivity index (χ3v) is 2.89. The molecule has 1 saturated heterocycles. The minimum atomic E-state index is -0.181. The van der Waals surface area contributed by atoms with Gasteiger partial charge in [-0.15, -0.1) is 0 Å². The van der Waals surface area contributed by atoms with Gasteiger partial charge in [-0.2, -0.15) is 0 Å². The molecule has 82 valence electrons. The van der Waals surface area contributed by atoms with Crippen LogP contribution in [0, 0.1) is 0 Å². The van der Waals surface area contributed by atoms with Gasteiger partial charge in [0.05, 0.1) is 6.61 Å². The number of piperazine rings is 1. The molecule has 1 amide bonds. The van der Waals surface area contributed by atoms with E-state index >= 15 is 0 Å². The van der Waals surface area contributed by atoms with E-state index in [1.54, 1.807) is 4.90 Å². The summed E-state index contributed by atoms with van der Waals surface area (Å²) in [6, 6.07) is 0.811. The molecular formula is C10H20N2O2. The highest BCUT2D eigenvalue weighted by Crippen LogP contribution is 2.13. The van der Waals surface area contributed by atoms with E-state index in [4.69, 9.17) is 4.74 Å². The molecule has 1 rings (SSSR count). The lowest BCUT2D eigenvalue weighted by Gasteiger charge is -2.41. The lowest BCUT2D eigenvalue weighted by atomic mass is 10.1. The van der Waals surface area contributed by atoms with Crippen LogP contribution in [-0.4, -0.2) is 54.7 Å². The van der Waals surface area contributed by atoms with Crippen molar-refractivity contribution in [3.63, 3.8) is 0 Å². The SMILES string of the molecule is CCOC(=O)N1C[C@@H](C)N(C)[C@@H](C)C1. The van der Waals surface area contributed by atoms with E-state index in [-0.39, 0.29) is 6.09 Å². The van der Waals surface area contributed by atoms with Crippen molar-refractivity contribution in [2.24, 2.45) is 0 Å². The highest BCUT2D eigenvalue weighted by Gasteiger charge is 2.29. The van der Waals surface area contributed by atoms with Crippen LogP contribution < -0.4 is 0 Å². The quantitative estimate of drug-likeness (QED) is 0.637. The first kappa shape index (κ1) is 11.3. The Morgan fingerprint density at radius 2 is 1.86 bits per heavy atom. The lowest BCUT2D eigenvalue weighted by Crippen LogP contribution is -2.56. The van der Waals surface area contributed by atoms with Crippen molar-refractivity contribution in [2.45, 2.75) is 32.9 Å². The number of carbonyl (C=O) groups is 1. The molecule has 0 bridgehead atoms. The van der Waals surface area contributed by atoms with Gasteiger partial charge in [0.2, 0.25) is 0 Å². The van der Waals surface area contributed by atoms with Crippen molar-refractivity contribution in [3.8, 4) is 0 Å². The fourth-order valence-corrected chi connectivity index (χ4v) is 1.77. The number of amides is 1. The predicted molar refractivity (Wildman–Crippen MR) is 55.3 cm³/mol. The summed E-state index contributed by atoms with van der Waals surface area (Å²) in [6.07, 6.45) is -0.181. The monoisotopic (exact) mass is 200 g/mol. The topological polar surface area (TPSA) is 32.8 Å². The van der Waals surface area contributed by atoms with E-state index in [0.29, 0.717) is 18.7 Å². The second-order valence-electron chi connectivity index (χ2n) is 3.97. The Morgan fingerprint density at radius 3 is 2.29 bits per heavy atom. The molecule has 0 saturated carbocycles. The largest absolute Gasteiger partial charge is 0.450 e. The Bertz CT molecular complexity index is 196. The zero-order valence-electron chi connectivity index (χ0n) is 9.49. The smallest absolute Gasteiger partial charge is 0.409 e. The molecule has 0 radical (unpaired) electrons. The maximum atomic E-state index is 11.5. The summed E-state index contributed by atoms with van der Waals surface area (Å²) in [5.41, 5.74) is 0. The van der Waals surface area contributed by atoms with Gasteiger partial charge in [0.1, 0.15) is 0 Å². The number of likely N-dealkylation sites (N-methyl/N-ethyl adjacent to an activating group) is 1. The Balaban J connectivity index is 2.53. The van der Waals surface area contributed by atoms with Gasteiger partial charge in [-0.3, -0.25) is 4.90 Å². The van der Waals surface area contributed by atoms with Gasteiger partial charge >= 0.3 is 6.09 Å². The third-order valence-electron chi connectivity index (χ3n) is 2.89. The highest BCUT2D eigenvalue weighted by atomic mass is 16.6. The van der Waals surface area contributed by atoms with Crippen molar-refractivity contribution >= 4 is 6.09 Å². The minimum absolute atomic E-state index is 0.181. The molecule has 1 aliphatic rings. The number of ether oxygens (including phenoxy) is 1. The summed E-state index contributed by atoms with van der Waals surface area (Å²) in [5.74, 6) is 0. The molecule has 0 spiro atoms. The molecule has 1 fully saturated rings. The summed E-state index contributed by atoms with van der Waals surface area (Å²) >= 11 is 0. The van der Waals surface area contributed by atoms with E-state index < -0.39 is 0 Å². The zero-order valence-corrected chi connectivity index (χ0v) is 9.49. The molecule has 1 heterocycles. The second kappa shape index (κ2) is 4.64. The Hall–Kier alpha value is -0.770. The predicted octanol–water partition coefficient (Wildman–Crippen LogP) is 1.17. The van der Waals surface area contributed by atoms with E-state index in [9.17, 15) is 4.79 Å². The van der Waals surface area contributed by atoms with E-state index in [1.807, 2.05) is 6.92 Å². The Kier molecular flexibility index (Phi) is 3.75. The van der Waals surface area contributed by atoms with Gasteiger partial charge in [-0.05, 0) is 27.8 Å². The molecular weight excluding hydrogens is 180 g/mol. The van der Waals surface area contributed by atoms with Crippen molar-refractivity contribution in [2.75, 3.05) is 26.7 Å².